The van der Waals surface area contributed by atoms with Gasteiger partial charge in [-0.2, -0.15) is 22.0 Å². The normalized spacial score (nSPS) is 32.0. The van der Waals surface area contributed by atoms with Crippen LogP contribution in [0.25, 0.3) is 0 Å². The molecule has 2 aliphatic rings. The molecule has 2 unspecified atom stereocenters. The number of alkyl halides is 5. The molecule has 0 radical (unpaired) electrons. The van der Waals surface area contributed by atoms with E-state index >= 15 is 0 Å². The maximum atomic E-state index is 12.9. The number of halogens is 5. The van der Waals surface area contributed by atoms with E-state index in [-0.39, 0.29) is 12.1 Å². The van der Waals surface area contributed by atoms with E-state index < -0.39 is 24.0 Å². The van der Waals surface area contributed by atoms with Gasteiger partial charge < -0.3 is 10.2 Å². The second kappa shape index (κ2) is 5.13. The number of nitrogens with zero attached hydrogens (tertiary/aromatic N) is 1. The summed E-state index contributed by atoms with van der Waals surface area (Å²) >= 11 is 0. The number of nitrogens with one attached hydrogen (secondary N) is 1. The molecule has 0 aliphatic carbocycles. The summed E-state index contributed by atoms with van der Waals surface area (Å²) in [4.78, 5) is 13.3. The molecule has 3 nitrogen and oxygen atoms in total. The molecule has 2 saturated heterocycles. The molecule has 0 aromatic heterocycles. The summed E-state index contributed by atoms with van der Waals surface area (Å²) in [7, 11) is 1.93. The molecule has 2 atom stereocenters. The second-order valence-electron chi connectivity index (χ2n) is 5.62. The van der Waals surface area contributed by atoms with E-state index in [9.17, 15) is 26.7 Å². The zero-order chi connectivity index (χ0) is 15.1. The maximum absolute atomic E-state index is 12.9. The predicted octanol–water partition coefficient (Wildman–Crippen LogP) is 2.32. The Hall–Kier alpha value is -0.920. The Morgan fingerprint density at radius 2 is 1.60 bits per heavy atom. The highest BCUT2D eigenvalue weighted by Crippen LogP contribution is 2.37. The van der Waals surface area contributed by atoms with Crippen molar-refractivity contribution in [3.05, 3.63) is 0 Å². The summed E-state index contributed by atoms with van der Waals surface area (Å²) in [5.74, 6) is -7.57. The molecular formula is C12H17F5N2O. The summed E-state index contributed by atoms with van der Waals surface area (Å²) in [6.07, 6.45) is -2.21. The van der Waals surface area contributed by atoms with E-state index in [1.54, 1.807) is 0 Å². The third-order valence-corrected chi connectivity index (χ3v) is 4.32. The second-order valence-corrected chi connectivity index (χ2v) is 5.62. The molecule has 0 saturated carbocycles. The molecule has 2 aliphatic heterocycles. The van der Waals surface area contributed by atoms with Crippen molar-refractivity contribution in [3.63, 3.8) is 0 Å². The van der Waals surface area contributed by atoms with Crippen molar-refractivity contribution in [1.82, 2.24) is 10.2 Å². The average molecular weight is 300 g/mol. The molecule has 0 aromatic rings. The molecule has 0 aromatic carbocycles. The maximum Gasteiger partial charge on any atom is 0.463 e. The first-order chi connectivity index (χ1) is 9.13. The third kappa shape index (κ3) is 2.75. The Kier molecular flexibility index (Phi) is 3.96. The van der Waals surface area contributed by atoms with Gasteiger partial charge in [-0.25, -0.2) is 0 Å². The van der Waals surface area contributed by atoms with Gasteiger partial charge in [0.05, 0.1) is 0 Å². The first-order valence-electron chi connectivity index (χ1n) is 6.60. The smallest absolute Gasteiger partial charge is 0.348 e. The molecule has 8 heteroatoms. The largest absolute Gasteiger partial charge is 0.463 e. The van der Waals surface area contributed by atoms with Gasteiger partial charge in [0.15, 0.2) is 0 Å². The number of fused-ring (bicyclic) bond motifs is 2. The van der Waals surface area contributed by atoms with Crippen LogP contribution in [0.4, 0.5) is 22.0 Å². The number of hydrogen-bond donors (Lipinski definition) is 1. The molecule has 1 N–H and O–H groups in total. The number of carbonyl (C=O) groups excluding carboxylic acids is 1. The highest BCUT2D eigenvalue weighted by Gasteiger charge is 2.63. The van der Waals surface area contributed by atoms with Gasteiger partial charge >= 0.3 is 18.0 Å². The van der Waals surface area contributed by atoms with Crippen molar-refractivity contribution >= 4 is 5.91 Å². The van der Waals surface area contributed by atoms with Gasteiger partial charge in [-0.05, 0) is 32.7 Å². The van der Waals surface area contributed by atoms with Crippen molar-refractivity contribution in [2.75, 3.05) is 7.05 Å². The first kappa shape index (κ1) is 15.5. The number of rotatable bonds is 2. The average Bonchev–Trinajstić information content (AvgIpc) is 2.28. The molecule has 2 heterocycles. The fourth-order valence-electron chi connectivity index (χ4n) is 3.14. The quantitative estimate of drug-likeness (QED) is 0.794. The van der Waals surface area contributed by atoms with Crippen LogP contribution in [0.3, 0.4) is 0 Å². The van der Waals surface area contributed by atoms with Gasteiger partial charge in [0.1, 0.15) is 0 Å². The molecule has 2 fully saturated rings. The van der Waals surface area contributed by atoms with Gasteiger partial charge in [0.2, 0.25) is 0 Å². The van der Waals surface area contributed by atoms with Crippen molar-refractivity contribution in [2.45, 2.75) is 62.3 Å². The lowest BCUT2D eigenvalue weighted by molar-refractivity contribution is -0.270. The van der Waals surface area contributed by atoms with Crippen LogP contribution >= 0.6 is 0 Å². The van der Waals surface area contributed by atoms with Crippen molar-refractivity contribution < 1.29 is 26.7 Å². The topological polar surface area (TPSA) is 32.3 Å². The van der Waals surface area contributed by atoms with Crippen LogP contribution in [0.15, 0.2) is 0 Å². The Morgan fingerprint density at radius 3 is 2.05 bits per heavy atom. The monoisotopic (exact) mass is 300 g/mol. The molecular weight excluding hydrogens is 283 g/mol. The minimum Gasteiger partial charge on any atom is -0.348 e. The van der Waals surface area contributed by atoms with Crippen LogP contribution in [0.5, 0.6) is 0 Å². The summed E-state index contributed by atoms with van der Waals surface area (Å²) in [6.45, 7) is 0. The Morgan fingerprint density at radius 1 is 1.10 bits per heavy atom. The standard InChI is InChI=1S/C12H17F5N2O/c1-19-8-3-2-4-9(19)6-7(5-8)18-10(20)11(13,14)12(15,16)17/h7-9H,2-6H2,1H3,(H,18,20). The summed E-state index contributed by atoms with van der Waals surface area (Å²) < 4.78 is 62.1. The van der Waals surface area contributed by atoms with Crippen molar-refractivity contribution in [1.29, 1.82) is 0 Å². The fourth-order valence-corrected chi connectivity index (χ4v) is 3.14. The van der Waals surface area contributed by atoms with Crippen LogP contribution in [-0.4, -0.2) is 48.1 Å². The lowest BCUT2D eigenvalue weighted by atomic mass is 9.82. The van der Waals surface area contributed by atoms with Gasteiger partial charge in [-0.1, -0.05) is 6.42 Å². The van der Waals surface area contributed by atoms with Crippen LogP contribution in [-0.2, 0) is 4.79 Å². The van der Waals surface area contributed by atoms with Gasteiger partial charge in [-0.15, -0.1) is 0 Å². The van der Waals surface area contributed by atoms with Crippen molar-refractivity contribution in [2.24, 2.45) is 0 Å². The minimum absolute atomic E-state index is 0.146. The zero-order valence-electron chi connectivity index (χ0n) is 11.0. The van der Waals surface area contributed by atoms with Gasteiger partial charge in [0, 0.05) is 18.1 Å². The van der Waals surface area contributed by atoms with E-state index in [1.165, 1.54) is 0 Å². The Bertz CT molecular complexity index is 371. The number of piperidine rings is 2. The van der Waals surface area contributed by atoms with Crippen LogP contribution < -0.4 is 5.32 Å². The van der Waals surface area contributed by atoms with Gasteiger partial charge in [-0.3, -0.25) is 4.79 Å². The summed E-state index contributed by atoms with van der Waals surface area (Å²) in [5.41, 5.74) is 0. The van der Waals surface area contributed by atoms with E-state index in [2.05, 4.69) is 4.90 Å². The number of hydrogen-bond acceptors (Lipinski definition) is 2. The highest BCUT2D eigenvalue weighted by atomic mass is 19.4. The summed E-state index contributed by atoms with van der Waals surface area (Å²) in [5, 5.41) is 1.88. The minimum atomic E-state index is -5.85. The molecule has 0 spiro atoms. The third-order valence-electron chi connectivity index (χ3n) is 4.32. The Balaban J connectivity index is 1.99. The van der Waals surface area contributed by atoms with Crippen LogP contribution in [0, 0.1) is 0 Å². The lowest BCUT2D eigenvalue weighted by Crippen LogP contribution is -2.59. The zero-order valence-corrected chi connectivity index (χ0v) is 11.0. The van der Waals surface area contributed by atoms with E-state index in [0.29, 0.717) is 12.8 Å². The molecule has 2 rings (SSSR count). The lowest BCUT2D eigenvalue weighted by Gasteiger charge is -2.47. The highest BCUT2D eigenvalue weighted by molar-refractivity contribution is 5.84. The summed E-state index contributed by atoms with van der Waals surface area (Å²) in [6, 6.07) is -0.318. The predicted molar refractivity (Wildman–Crippen MR) is 61.4 cm³/mol. The van der Waals surface area contributed by atoms with E-state index in [4.69, 9.17) is 0 Å². The number of carbonyl (C=O) groups is 1. The van der Waals surface area contributed by atoms with Crippen LogP contribution in [0.2, 0.25) is 0 Å². The van der Waals surface area contributed by atoms with Crippen molar-refractivity contribution in [3.8, 4) is 0 Å². The molecule has 116 valence electrons. The van der Waals surface area contributed by atoms with Crippen LogP contribution in [0.1, 0.15) is 32.1 Å². The SMILES string of the molecule is CN1C2CCCC1CC(NC(=O)C(F)(F)C(F)(F)F)C2. The molecule has 20 heavy (non-hydrogen) atoms. The number of amides is 1. The molecule has 2 bridgehead atoms. The Labute approximate surface area is 113 Å². The fraction of sp³-hybridized carbons (Fsp3) is 0.917. The molecule has 1 amide bonds. The first-order valence-corrected chi connectivity index (χ1v) is 6.60. The van der Waals surface area contributed by atoms with Gasteiger partial charge in [0.25, 0.3) is 0 Å². The van der Waals surface area contributed by atoms with E-state index in [0.717, 1.165) is 19.3 Å². The van der Waals surface area contributed by atoms with E-state index in [1.807, 2.05) is 12.4 Å².